The van der Waals surface area contributed by atoms with Gasteiger partial charge in [0.1, 0.15) is 11.4 Å². The maximum absolute atomic E-state index is 12.8. The zero-order valence-electron chi connectivity index (χ0n) is 12.3. The first kappa shape index (κ1) is 14.7. The Labute approximate surface area is 128 Å². The molecule has 0 amide bonds. The minimum Gasteiger partial charge on any atom is -0.497 e. The van der Waals surface area contributed by atoms with E-state index < -0.39 is 11.4 Å². The summed E-state index contributed by atoms with van der Waals surface area (Å²) in [6.45, 7) is 0.276. The van der Waals surface area contributed by atoms with Crippen LogP contribution >= 0.6 is 0 Å². The number of ether oxygens (including phenoxy) is 1. The van der Waals surface area contributed by atoms with Crippen LogP contribution in [0.5, 0.6) is 5.75 Å². The monoisotopic (exact) mass is 303 g/mol. The summed E-state index contributed by atoms with van der Waals surface area (Å²) in [6, 6.07) is 5.72. The number of rotatable bonds is 4. The van der Waals surface area contributed by atoms with E-state index in [-0.39, 0.29) is 6.54 Å². The summed E-state index contributed by atoms with van der Waals surface area (Å²) in [4.78, 5) is 7.70. The normalized spacial score (nSPS) is 20.3. The number of fused-ring (bicyclic) bond motifs is 1. The number of aliphatic hydroxyl groups is 1. The second-order valence-electron chi connectivity index (χ2n) is 5.49. The first-order valence-corrected chi connectivity index (χ1v) is 7.22. The fraction of sp³-hybridized carbons (Fsp3) is 0.375. The van der Waals surface area contributed by atoms with Crippen LogP contribution < -0.4 is 10.1 Å². The van der Waals surface area contributed by atoms with Gasteiger partial charge in [-0.05, 0) is 42.5 Å². The molecule has 1 heterocycles. The molecule has 1 atom stereocenters. The Hall–Kier alpha value is -2.21. The highest BCUT2D eigenvalue weighted by atomic mass is 19.1. The molecule has 1 aliphatic rings. The van der Waals surface area contributed by atoms with Crippen LogP contribution in [0.2, 0.25) is 0 Å². The second-order valence-corrected chi connectivity index (χ2v) is 5.49. The fourth-order valence-corrected chi connectivity index (χ4v) is 2.88. The maximum atomic E-state index is 12.8. The van der Waals surface area contributed by atoms with Crippen LogP contribution in [0.3, 0.4) is 0 Å². The van der Waals surface area contributed by atoms with Gasteiger partial charge in [0.15, 0.2) is 5.82 Å². The zero-order valence-corrected chi connectivity index (χ0v) is 12.3. The van der Waals surface area contributed by atoms with E-state index in [2.05, 4.69) is 15.3 Å². The lowest BCUT2D eigenvalue weighted by Gasteiger charge is -2.34. The molecule has 0 aliphatic heterocycles. The topological polar surface area (TPSA) is 67.3 Å². The molecule has 2 N–H and O–H groups in total. The highest BCUT2D eigenvalue weighted by molar-refractivity contribution is 5.42. The number of hydrogen-bond acceptors (Lipinski definition) is 5. The van der Waals surface area contributed by atoms with Gasteiger partial charge in [-0.15, -0.1) is 0 Å². The molecular weight excluding hydrogens is 285 g/mol. The highest BCUT2D eigenvalue weighted by Gasteiger charge is 2.34. The van der Waals surface area contributed by atoms with Crippen LogP contribution in [0.1, 0.15) is 24.0 Å². The third kappa shape index (κ3) is 2.87. The highest BCUT2D eigenvalue weighted by Crippen LogP contribution is 2.37. The van der Waals surface area contributed by atoms with Crippen molar-refractivity contribution in [1.29, 1.82) is 0 Å². The van der Waals surface area contributed by atoms with Crippen LogP contribution in [-0.2, 0) is 12.0 Å². The Balaban J connectivity index is 1.80. The van der Waals surface area contributed by atoms with E-state index in [0.29, 0.717) is 12.4 Å². The van der Waals surface area contributed by atoms with E-state index in [1.54, 1.807) is 7.11 Å². The lowest BCUT2D eigenvalue weighted by atomic mass is 9.79. The van der Waals surface area contributed by atoms with Crippen LogP contribution in [0, 0.1) is 5.82 Å². The summed E-state index contributed by atoms with van der Waals surface area (Å²) in [5.41, 5.74) is 1.00. The van der Waals surface area contributed by atoms with Gasteiger partial charge in [-0.2, -0.15) is 0 Å². The molecule has 0 radical (unpaired) electrons. The minimum atomic E-state index is -0.988. The van der Waals surface area contributed by atoms with Gasteiger partial charge in [-0.25, -0.2) is 14.4 Å². The number of aryl methyl sites for hydroxylation is 1. The van der Waals surface area contributed by atoms with Gasteiger partial charge in [0.25, 0.3) is 0 Å². The van der Waals surface area contributed by atoms with Gasteiger partial charge in [0.2, 0.25) is 5.95 Å². The number of methoxy groups -OCH3 is 1. The van der Waals surface area contributed by atoms with E-state index >= 15 is 0 Å². The Morgan fingerprint density at radius 1 is 1.36 bits per heavy atom. The van der Waals surface area contributed by atoms with E-state index in [1.807, 2.05) is 18.2 Å². The SMILES string of the molecule is COc1ccc2c(c1)CCCC2(O)CNc1ncc(F)cn1. The molecule has 3 rings (SSSR count). The summed E-state index contributed by atoms with van der Waals surface area (Å²) < 4.78 is 18.0. The Bertz CT molecular complexity index is 663. The van der Waals surface area contributed by atoms with Gasteiger partial charge in [-0.3, -0.25) is 0 Å². The van der Waals surface area contributed by atoms with E-state index in [4.69, 9.17) is 4.74 Å². The van der Waals surface area contributed by atoms with Crippen LogP contribution in [0.25, 0.3) is 0 Å². The number of benzene rings is 1. The van der Waals surface area contributed by atoms with Crippen molar-refractivity contribution in [2.24, 2.45) is 0 Å². The van der Waals surface area contributed by atoms with Gasteiger partial charge >= 0.3 is 0 Å². The van der Waals surface area contributed by atoms with Crippen LogP contribution in [0.15, 0.2) is 30.6 Å². The van der Waals surface area contributed by atoms with Crippen molar-refractivity contribution in [2.75, 3.05) is 19.0 Å². The third-order valence-corrected chi connectivity index (χ3v) is 4.01. The summed E-state index contributed by atoms with van der Waals surface area (Å²) in [5, 5.41) is 14.0. The van der Waals surface area contributed by atoms with Crippen molar-refractivity contribution >= 4 is 5.95 Å². The summed E-state index contributed by atoms with van der Waals surface area (Å²) in [5.74, 6) is 0.604. The number of halogens is 1. The maximum Gasteiger partial charge on any atom is 0.222 e. The third-order valence-electron chi connectivity index (χ3n) is 4.01. The minimum absolute atomic E-state index is 0.276. The number of aromatic nitrogens is 2. The second kappa shape index (κ2) is 5.88. The van der Waals surface area contributed by atoms with E-state index in [9.17, 15) is 9.50 Å². The smallest absolute Gasteiger partial charge is 0.222 e. The van der Waals surface area contributed by atoms with Gasteiger partial charge in [-0.1, -0.05) is 6.07 Å². The average Bonchev–Trinajstić information content (AvgIpc) is 2.54. The van der Waals surface area contributed by atoms with Crippen molar-refractivity contribution in [3.05, 3.63) is 47.5 Å². The molecule has 0 saturated heterocycles. The zero-order chi connectivity index (χ0) is 15.6. The van der Waals surface area contributed by atoms with E-state index in [0.717, 1.165) is 42.1 Å². The molecule has 6 heteroatoms. The standard InChI is InChI=1S/C16H18FN3O2/c1-22-13-4-5-14-11(7-13)3-2-6-16(14,21)10-20-15-18-8-12(17)9-19-15/h4-5,7-9,21H,2-3,6,10H2,1H3,(H,18,19,20). The molecule has 1 aromatic carbocycles. The first-order chi connectivity index (χ1) is 10.6. The number of nitrogens with zero attached hydrogens (tertiary/aromatic N) is 2. The fourth-order valence-electron chi connectivity index (χ4n) is 2.88. The molecule has 0 bridgehead atoms. The molecule has 22 heavy (non-hydrogen) atoms. The molecule has 0 spiro atoms. The molecule has 116 valence electrons. The van der Waals surface area contributed by atoms with Gasteiger partial charge < -0.3 is 15.2 Å². The van der Waals surface area contributed by atoms with Gasteiger partial charge in [0, 0.05) is 0 Å². The van der Waals surface area contributed by atoms with Crippen molar-refractivity contribution in [2.45, 2.75) is 24.9 Å². The average molecular weight is 303 g/mol. The van der Waals surface area contributed by atoms with Crippen molar-refractivity contribution < 1.29 is 14.2 Å². The number of nitrogens with one attached hydrogen (secondary N) is 1. The predicted molar refractivity (Wildman–Crippen MR) is 80.3 cm³/mol. The Morgan fingerprint density at radius 2 is 2.14 bits per heavy atom. The molecule has 1 aromatic heterocycles. The Kier molecular flexibility index (Phi) is 3.94. The molecule has 1 aliphatic carbocycles. The van der Waals surface area contributed by atoms with Crippen molar-refractivity contribution in [3.63, 3.8) is 0 Å². The van der Waals surface area contributed by atoms with Crippen molar-refractivity contribution in [3.8, 4) is 5.75 Å². The summed E-state index contributed by atoms with van der Waals surface area (Å²) in [7, 11) is 1.63. The molecule has 2 aromatic rings. The lowest BCUT2D eigenvalue weighted by molar-refractivity contribution is 0.0321. The molecule has 0 fully saturated rings. The first-order valence-electron chi connectivity index (χ1n) is 7.22. The number of hydrogen-bond donors (Lipinski definition) is 2. The molecule has 1 unspecified atom stereocenters. The van der Waals surface area contributed by atoms with Crippen LogP contribution in [0.4, 0.5) is 10.3 Å². The quantitative estimate of drug-likeness (QED) is 0.907. The van der Waals surface area contributed by atoms with Crippen LogP contribution in [-0.4, -0.2) is 28.7 Å². The Morgan fingerprint density at radius 3 is 2.86 bits per heavy atom. The molecular formula is C16H18FN3O2. The van der Waals surface area contributed by atoms with E-state index in [1.165, 1.54) is 0 Å². The number of anilines is 1. The largest absolute Gasteiger partial charge is 0.497 e. The summed E-state index contributed by atoms with van der Waals surface area (Å²) in [6.07, 6.45) is 4.66. The molecule has 0 saturated carbocycles. The predicted octanol–water partition coefficient (Wildman–Crippen LogP) is 2.26. The van der Waals surface area contributed by atoms with Gasteiger partial charge in [0.05, 0.1) is 26.0 Å². The summed E-state index contributed by atoms with van der Waals surface area (Å²) >= 11 is 0. The van der Waals surface area contributed by atoms with Crippen molar-refractivity contribution in [1.82, 2.24) is 9.97 Å². The lowest BCUT2D eigenvalue weighted by Crippen LogP contribution is -2.38. The molecule has 5 nitrogen and oxygen atoms in total.